The van der Waals surface area contributed by atoms with Gasteiger partial charge < -0.3 is 15.0 Å². The molecule has 1 amide bonds. The maximum atomic E-state index is 11.9. The molecular weight excluding hydrogens is 204 g/mol. The van der Waals surface area contributed by atoms with Crippen molar-refractivity contribution in [2.45, 2.75) is 20.3 Å². The number of amides is 1. The van der Waals surface area contributed by atoms with Crippen LogP contribution in [0.25, 0.3) is 0 Å². The molecule has 1 unspecified atom stereocenters. The van der Waals surface area contributed by atoms with Crippen LogP contribution in [0.1, 0.15) is 20.3 Å². The zero-order valence-electron chi connectivity index (χ0n) is 10.3. The average Bonchev–Trinajstić information content (AvgIpc) is 2.38. The third-order valence-electron chi connectivity index (χ3n) is 3.32. The van der Waals surface area contributed by atoms with Gasteiger partial charge in [0.2, 0.25) is 5.91 Å². The molecule has 0 bridgehead atoms. The summed E-state index contributed by atoms with van der Waals surface area (Å²) >= 11 is 0. The molecule has 2 aliphatic rings. The summed E-state index contributed by atoms with van der Waals surface area (Å²) < 4.78 is 5.59. The van der Waals surface area contributed by atoms with Crippen LogP contribution >= 0.6 is 0 Å². The zero-order valence-corrected chi connectivity index (χ0v) is 10.3. The Bertz CT molecular complexity index is 258. The topological polar surface area (TPSA) is 41.6 Å². The van der Waals surface area contributed by atoms with Gasteiger partial charge in [-0.15, -0.1) is 0 Å². The fourth-order valence-corrected chi connectivity index (χ4v) is 2.64. The molecule has 0 aliphatic carbocycles. The Hall–Kier alpha value is -0.610. The zero-order chi connectivity index (χ0) is 11.6. The van der Waals surface area contributed by atoms with Gasteiger partial charge in [0.25, 0.3) is 0 Å². The van der Waals surface area contributed by atoms with E-state index in [0.717, 1.165) is 39.4 Å². The first-order valence-corrected chi connectivity index (χ1v) is 6.18. The highest BCUT2D eigenvalue weighted by Gasteiger charge is 2.43. The van der Waals surface area contributed by atoms with E-state index >= 15 is 0 Å². The summed E-state index contributed by atoms with van der Waals surface area (Å²) in [7, 11) is 0. The molecule has 0 aromatic heterocycles. The van der Waals surface area contributed by atoms with Gasteiger partial charge in [0.15, 0.2) is 0 Å². The number of ether oxygens (including phenoxy) is 1. The van der Waals surface area contributed by atoms with Gasteiger partial charge in [0.1, 0.15) is 0 Å². The fraction of sp³-hybridized carbons (Fsp3) is 0.917. The Labute approximate surface area is 97.3 Å². The third-order valence-corrected chi connectivity index (χ3v) is 3.32. The largest absolute Gasteiger partial charge is 0.379 e. The van der Waals surface area contributed by atoms with Gasteiger partial charge in [-0.3, -0.25) is 4.79 Å². The van der Waals surface area contributed by atoms with Gasteiger partial charge in [0.05, 0.1) is 13.2 Å². The Morgan fingerprint density at radius 2 is 2.38 bits per heavy atom. The van der Waals surface area contributed by atoms with Gasteiger partial charge >= 0.3 is 0 Å². The molecule has 1 atom stereocenters. The lowest BCUT2D eigenvalue weighted by Gasteiger charge is -2.27. The minimum atomic E-state index is 0.0302. The van der Waals surface area contributed by atoms with E-state index in [4.69, 9.17) is 4.74 Å². The highest BCUT2D eigenvalue weighted by molar-refractivity contribution is 5.79. The Morgan fingerprint density at radius 1 is 1.56 bits per heavy atom. The summed E-state index contributed by atoms with van der Waals surface area (Å²) in [6.45, 7) is 9.34. The predicted octanol–water partition coefficient (Wildman–Crippen LogP) is 0.481. The van der Waals surface area contributed by atoms with Crippen molar-refractivity contribution in [1.29, 1.82) is 0 Å². The van der Waals surface area contributed by atoms with Crippen molar-refractivity contribution < 1.29 is 9.53 Å². The first kappa shape index (κ1) is 11.9. The van der Waals surface area contributed by atoms with E-state index in [1.165, 1.54) is 0 Å². The average molecular weight is 226 g/mol. The molecule has 92 valence electrons. The van der Waals surface area contributed by atoms with Gasteiger partial charge in [-0.25, -0.2) is 0 Å². The van der Waals surface area contributed by atoms with Crippen molar-refractivity contribution in [3.8, 4) is 0 Å². The first-order chi connectivity index (χ1) is 7.61. The second-order valence-electron chi connectivity index (χ2n) is 5.57. The van der Waals surface area contributed by atoms with Crippen molar-refractivity contribution in [2.24, 2.45) is 11.3 Å². The van der Waals surface area contributed by atoms with Crippen LogP contribution in [-0.4, -0.2) is 50.2 Å². The third kappa shape index (κ3) is 2.55. The van der Waals surface area contributed by atoms with E-state index in [2.05, 4.69) is 19.2 Å². The molecule has 2 heterocycles. The molecule has 1 spiro atoms. The number of carbonyl (C=O) groups is 1. The molecule has 2 fully saturated rings. The van der Waals surface area contributed by atoms with Crippen LogP contribution in [0.5, 0.6) is 0 Å². The van der Waals surface area contributed by atoms with Crippen LogP contribution in [0.2, 0.25) is 0 Å². The minimum absolute atomic E-state index is 0.0302. The number of likely N-dealkylation sites (tertiary alicyclic amines) is 1. The molecular formula is C12H22N2O2. The maximum absolute atomic E-state index is 11.9. The second-order valence-corrected chi connectivity index (χ2v) is 5.57. The maximum Gasteiger partial charge on any atom is 0.223 e. The van der Waals surface area contributed by atoms with Crippen LogP contribution in [0, 0.1) is 11.3 Å². The highest BCUT2D eigenvalue weighted by atomic mass is 16.5. The molecule has 0 aromatic carbocycles. The SMILES string of the molecule is CC(C)CN1CC2(CNCCOC2)CC1=O. The quantitative estimate of drug-likeness (QED) is 0.744. The van der Waals surface area contributed by atoms with Crippen molar-refractivity contribution in [3.05, 3.63) is 0 Å². The number of hydrogen-bond donors (Lipinski definition) is 1. The molecule has 0 saturated carbocycles. The normalized spacial score (nSPS) is 31.4. The van der Waals surface area contributed by atoms with E-state index in [9.17, 15) is 4.79 Å². The van der Waals surface area contributed by atoms with E-state index < -0.39 is 0 Å². The van der Waals surface area contributed by atoms with Crippen LogP contribution < -0.4 is 5.32 Å². The molecule has 4 heteroatoms. The summed E-state index contributed by atoms with van der Waals surface area (Å²) in [5.74, 6) is 0.833. The standard InChI is InChI=1S/C12H22N2O2/c1-10(2)6-14-8-12(5-11(14)15)7-13-3-4-16-9-12/h10,13H,3-9H2,1-2H3. The van der Waals surface area contributed by atoms with Crippen molar-refractivity contribution in [1.82, 2.24) is 10.2 Å². The summed E-state index contributed by atoms with van der Waals surface area (Å²) in [4.78, 5) is 13.9. The van der Waals surface area contributed by atoms with Crippen molar-refractivity contribution in [3.63, 3.8) is 0 Å². The van der Waals surface area contributed by atoms with Gasteiger partial charge in [0, 0.05) is 38.0 Å². The number of rotatable bonds is 2. The monoisotopic (exact) mass is 226 g/mol. The Balaban J connectivity index is 2.00. The molecule has 16 heavy (non-hydrogen) atoms. The van der Waals surface area contributed by atoms with E-state index in [0.29, 0.717) is 18.2 Å². The molecule has 2 saturated heterocycles. The highest BCUT2D eigenvalue weighted by Crippen LogP contribution is 2.32. The van der Waals surface area contributed by atoms with Crippen LogP contribution in [0.3, 0.4) is 0 Å². The summed E-state index contributed by atoms with van der Waals surface area (Å²) in [5, 5.41) is 3.37. The summed E-state index contributed by atoms with van der Waals surface area (Å²) in [6, 6.07) is 0. The van der Waals surface area contributed by atoms with E-state index in [1.54, 1.807) is 0 Å². The van der Waals surface area contributed by atoms with Gasteiger partial charge in [-0.1, -0.05) is 13.8 Å². The lowest BCUT2D eigenvalue weighted by Crippen LogP contribution is -2.39. The summed E-state index contributed by atoms with van der Waals surface area (Å²) in [6.07, 6.45) is 0.646. The smallest absolute Gasteiger partial charge is 0.223 e. The van der Waals surface area contributed by atoms with Crippen molar-refractivity contribution in [2.75, 3.05) is 39.4 Å². The van der Waals surface area contributed by atoms with Crippen LogP contribution in [0.4, 0.5) is 0 Å². The predicted molar refractivity (Wildman–Crippen MR) is 62.2 cm³/mol. The van der Waals surface area contributed by atoms with Crippen molar-refractivity contribution >= 4 is 5.91 Å². The lowest BCUT2D eigenvalue weighted by atomic mass is 9.88. The molecule has 2 aliphatic heterocycles. The Kier molecular flexibility index (Phi) is 3.50. The second kappa shape index (κ2) is 4.72. The summed E-state index contributed by atoms with van der Waals surface area (Å²) in [5.41, 5.74) is 0.0302. The number of carbonyl (C=O) groups excluding carboxylic acids is 1. The van der Waals surface area contributed by atoms with Crippen LogP contribution in [-0.2, 0) is 9.53 Å². The van der Waals surface area contributed by atoms with Gasteiger partial charge in [-0.2, -0.15) is 0 Å². The molecule has 0 radical (unpaired) electrons. The number of hydrogen-bond acceptors (Lipinski definition) is 3. The molecule has 4 nitrogen and oxygen atoms in total. The molecule has 2 rings (SSSR count). The molecule has 0 aromatic rings. The molecule has 1 N–H and O–H groups in total. The van der Waals surface area contributed by atoms with E-state index in [-0.39, 0.29) is 5.41 Å². The van der Waals surface area contributed by atoms with E-state index in [1.807, 2.05) is 4.90 Å². The minimum Gasteiger partial charge on any atom is -0.379 e. The Morgan fingerprint density at radius 3 is 3.12 bits per heavy atom. The number of nitrogens with one attached hydrogen (secondary N) is 1. The number of nitrogens with zero attached hydrogens (tertiary/aromatic N) is 1. The van der Waals surface area contributed by atoms with Gasteiger partial charge in [-0.05, 0) is 5.92 Å². The fourth-order valence-electron chi connectivity index (χ4n) is 2.64. The lowest BCUT2D eigenvalue weighted by molar-refractivity contribution is -0.128. The van der Waals surface area contributed by atoms with Crippen LogP contribution in [0.15, 0.2) is 0 Å². The first-order valence-electron chi connectivity index (χ1n) is 6.18.